The Morgan fingerprint density at radius 2 is 1.60 bits per heavy atom. The number of piperidine rings is 1. The fourth-order valence-corrected chi connectivity index (χ4v) is 5.89. The van der Waals surface area contributed by atoms with Crippen LogP contribution in [0.5, 0.6) is 0 Å². The molecule has 0 unspecified atom stereocenters. The molecule has 0 bridgehead atoms. The summed E-state index contributed by atoms with van der Waals surface area (Å²) in [5.74, 6) is 6.57. The Kier molecular flexibility index (Phi) is 8.32. The van der Waals surface area contributed by atoms with Crippen molar-refractivity contribution in [3.63, 3.8) is 0 Å². The second-order valence-electron chi connectivity index (χ2n) is 11.3. The number of carbonyl (C=O) groups excluding carboxylic acids is 1. The van der Waals surface area contributed by atoms with E-state index in [0.717, 1.165) is 66.9 Å². The second-order valence-corrected chi connectivity index (χ2v) is 11.3. The van der Waals surface area contributed by atoms with Crippen LogP contribution in [0.2, 0.25) is 0 Å². The van der Waals surface area contributed by atoms with Gasteiger partial charge in [-0.15, -0.1) is 0 Å². The predicted octanol–water partition coefficient (Wildman–Crippen LogP) is 6.17. The molecule has 3 aliphatic rings. The summed E-state index contributed by atoms with van der Waals surface area (Å²) in [7, 11) is 1.85. The monoisotopic (exact) mass is 651 g/mol. The molecule has 1 amide bonds. The van der Waals surface area contributed by atoms with Crippen LogP contribution in [0.4, 0.5) is 37.8 Å². The molecule has 0 spiro atoms. The number of fused-ring (bicyclic) bond motifs is 2. The largest absolute Gasteiger partial charge is 0.553 e. The number of carbonyl (C=O) groups is 1. The second kappa shape index (κ2) is 12.3. The molecule has 241 valence electrons. The fourth-order valence-electron chi connectivity index (χ4n) is 5.89. The maximum Gasteiger partial charge on any atom is 0.553 e. The molecule has 1 radical (unpaired) electrons. The molecule has 1 aromatic heterocycles. The Labute approximate surface area is 266 Å². The van der Waals surface area contributed by atoms with Crippen molar-refractivity contribution in [3.05, 3.63) is 100 Å². The van der Waals surface area contributed by atoms with Crippen LogP contribution >= 0.6 is 0 Å². The highest BCUT2D eigenvalue weighted by Gasteiger charge is 2.41. The summed E-state index contributed by atoms with van der Waals surface area (Å²) in [5, 5.41) is 6.23. The number of nitrogens with one attached hydrogen (secondary N) is 1. The smallest absolute Gasteiger partial charge is 0.329 e. The van der Waals surface area contributed by atoms with Gasteiger partial charge < -0.3 is 15.6 Å². The molecule has 6 rings (SSSR count). The third-order valence-electron chi connectivity index (χ3n) is 8.05. The van der Waals surface area contributed by atoms with Crippen molar-refractivity contribution in [3.8, 4) is 0 Å². The molecular weight excluding hydrogens is 623 g/mol. The standard InChI is InChI=1S/C32H27BF6N7O/c1-19(47)42-24-7-5-20(6-8-24)30-26-9-11-28(45(26)33-46-27(30)10-12-29(46)44-13-3-2-4-14-44)41-18-25(43-40)21-15-22(31(34,35)36)17-23(16-21)32(37,38)39/h5-12,15-18H,2-4,13-14H2,1H3,(H2,40,41,42,47)/p+1. The number of hydrogen-bond donors (Lipinski definition) is 2. The molecular formula is C32H28BF6N7O+. The summed E-state index contributed by atoms with van der Waals surface area (Å²) in [4.78, 5) is 18.0. The number of aromatic nitrogens is 1. The van der Waals surface area contributed by atoms with Crippen molar-refractivity contribution in [1.82, 2.24) is 9.29 Å². The van der Waals surface area contributed by atoms with Crippen LogP contribution < -0.4 is 11.2 Å². The number of amidine groups is 1. The van der Waals surface area contributed by atoms with Gasteiger partial charge in [-0.25, -0.2) is 4.99 Å². The minimum atomic E-state index is -5.03. The number of aliphatic imine (C=N–C) groups is 1. The highest BCUT2D eigenvalue weighted by Crippen LogP contribution is 2.39. The Balaban J connectivity index is 1.42. The van der Waals surface area contributed by atoms with Gasteiger partial charge >= 0.3 is 19.9 Å². The van der Waals surface area contributed by atoms with Crippen molar-refractivity contribution < 1.29 is 35.7 Å². The lowest BCUT2D eigenvalue weighted by Crippen LogP contribution is -2.42. The van der Waals surface area contributed by atoms with E-state index >= 15 is 0 Å². The van der Waals surface area contributed by atoms with Crippen LogP contribution in [0.1, 0.15) is 54.1 Å². The van der Waals surface area contributed by atoms with Crippen molar-refractivity contribution in [2.24, 2.45) is 15.9 Å². The highest BCUT2D eigenvalue weighted by molar-refractivity contribution is 6.42. The van der Waals surface area contributed by atoms with E-state index in [4.69, 9.17) is 5.84 Å². The molecule has 0 atom stereocenters. The number of nitrogens with two attached hydrogens (primary N) is 1. The van der Waals surface area contributed by atoms with Gasteiger partial charge in [0.2, 0.25) is 5.91 Å². The lowest BCUT2D eigenvalue weighted by atomic mass is 9.91. The molecule has 47 heavy (non-hydrogen) atoms. The van der Waals surface area contributed by atoms with E-state index < -0.39 is 29.0 Å². The van der Waals surface area contributed by atoms with Gasteiger partial charge in [-0.2, -0.15) is 31.4 Å². The van der Waals surface area contributed by atoms with Crippen molar-refractivity contribution >= 4 is 48.3 Å². The van der Waals surface area contributed by atoms with Crippen molar-refractivity contribution in [2.45, 2.75) is 38.5 Å². The molecule has 4 heterocycles. The summed E-state index contributed by atoms with van der Waals surface area (Å²) >= 11 is 0. The van der Waals surface area contributed by atoms with E-state index in [2.05, 4.69) is 20.0 Å². The number of amides is 1. The first-order valence-corrected chi connectivity index (χ1v) is 14.7. The maximum absolute atomic E-state index is 13.5. The molecule has 3 N–H and O–H groups in total. The van der Waals surface area contributed by atoms with Gasteiger partial charge in [-0.1, -0.05) is 12.1 Å². The molecule has 0 aliphatic carbocycles. The van der Waals surface area contributed by atoms with E-state index in [1.807, 2.05) is 42.7 Å². The number of benzene rings is 2. The van der Waals surface area contributed by atoms with Gasteiger partial charge in [0, 0.05) is 35.5 Å². The molecule has 2 aromatic carbocycles. The molecule has 1 saturated heterocycles. The van der Waals surface area contributed by atoms with Gasteiger partial charge in [-0.3, -0.25) is 14.2 Å². The Morgan fingerprint density at radius 3 is 2.19 bits per heavy atom. The van der Waals surface area contributed by atoms with E-state index in [0.29, 0.717) is 23.6 Å². The number of anilines is 1. The van der Waals surface area contributed by atoms with Gasteiger partial charge in [0.05, 0.1) is 30.4 Å². The van der Waals surface area contributed by atoms with E-state index in [1.54, 1.807) is 22.7 Å². The Bertz CT molecular complexity index is 1840. The quantitative estimate of drug-likeness (QED) is 0.0864. The summed E-state index contributed by atoms with van der Waals surface area (Å²) in [6, 6.07) is 12.0. The Morgan fingerprint density at radius 1 is 0.936 bits per heavy atom. The number of halogens is 6. The first-order chi connectivity index (χ1) is 22.3. The van der Waals surface area contributed by atoms with Crippen LogP contribution in [-0.4, -0.2) is 58.2 Å². The number of hydrogen-bond acceptors (Lipinski definition) is 4. The zero-order valence-electron chi connectivity index (χ0n) is 25.0. The van der Waals surface area contributed by atoms with E-state index in [1.165, 1.54) is 6.92 Å². The number of alkyl halides is 6. The molecule has 8 nitrogen and oxygen atoms in total. The molecule has 3 aliphatic heterocycles. The first-order valence-electron chi connectivity index (χ1n) is 14.7. The summed E-state index contributed by atoms with van der Waals surface area (Å²) in [5.41, 5.74) is 0.147. The molecule has 0 saturated carbocycles. The van der Waals surface area contributed by atoms with Crippen LogP contribution in [0.15, 0.2) is 82.5 Å². The average Bonchev–Trinajstić information content (AvgIpc) is 3.64. The van der Waals surface area contributed by atoms with Crippen LogP contribution in [0.3, 0.4) is 0 Å². The summed E-state index contributed by atoms with van der Waals surface area (Å²) in [6.07, 6.45) is -1.69. The number of rotatable bonds is 5. The van der Waals surface area contributed by atoms with E-state index in [9.17, 15) is 31.1 Å². The Hall–Kier alpha value is -5.08. The number of hydrazone groups is 1. The maximum atomic E-state index is 13.5. The van der Waals surface area contributed by atoms with E-state index in [-0.39, 0.29) is 17.7 Å². The summed E-state index contributed by atoms with van der Waals surface area (Å²) < 4.78 is 85.1. The lowest BCUT2D eigenvalue weighted by molar-refractivity contribution is -0.539. The first kappa shape index (κ1) is 31.9. The van der Waals surface area contributed by atoms with Crippen LogP contribution in [-0.2, 0) is 17.1 Å². The van der Waals surface area contributed by atoms with Crippen LogP contribution in [0, 0.1) is 0 Å². The molecule has 3 aromatic rings. The topological polar surface area (TPSA) is 91.0 Å². The van der Waals surface area contributed by atoms with Crippen molar-refractivity contribution in [1.29, 1.82) is 0 Å². The van der Waals surface area contributed by atoms with Gasteiger partial charge in [0.1, 0.15) is 17.2 Å². The zero-order valence-corrected chi connectivity index (χ0v) is 25.0. The normalized spacial score (nSPS) is 16.9. The van der Waals surface area contributed by atoms with Crippen molar-refractivity contribution in [2.75, 3.05) is 18.4 Å². The zero-order chi connectivity index (χ0) is 33.5. The number of allylic oxidation sites excluding steroid dienone is 1. The minimum Gasteiger partial charge on any atom is -0.329 e. The SMILES string of the molecule is CC(=O)Nc1ccc(C2=C3C=CC(=[N+]4CCCCC4)N3[B]n3c(N=CC(=NN)c4cc(C(F)(F)F)cc(C(F)(F)F)c4)ccc32)cc1. The third-order valence-corrected chi connectivity index (χ3v) is 8.05. The molecule has 15 heteroatoms. The van der Waals surface area contributed by atoms with Gasteiger partial charge in [-0.05, 0) is 73.4 Å². The third kappa shape index (κ3) is 6.47. The average molecular weight is 651 g/mol. The molecule has 1 fully saturated rings. The lowest BCUT2D eigenvalue weighted by Gasteiger charge is -2.27. The highest BCUT2D eigenvalue weighted by atomic mass is 19.4. The van der Waals surface area contributed by atoms with Crippen LogP contribution in [0.25, 0.3) is 5.57 Å². The van der Waals surface area contributed by atoms with Gasteiger partial charge in [0.15, 0.2) is 0 Å². The summed E-state index contributed by atoms with van der Waals surface area (Å²) in [6.45, 7) is 3.19. The minimum absolute atomic E-state index is 0.0435. The predicted molar refractivity (Wildman–Crippen MR) is 168 cm³/mol. The fraction of sp³-hybridized carbons (Fsp3) is 0.250. The van der Waals surface area contributed by atoms with Gasteiger partial charge in [0.25, 0.3) is 5.84 Å². The number of nitrogens with zero attached hydrogens (tertiary/aromatic N) is 5.